The number of aliphatic hydroxyl groups is 1. The van der Waals surface area contributed by atoms with Crippen LogP contribution in [0, 0.1) is 10.1 Å². The van der Waals surface area contributed by atoms with Gasteiger partial charge in [0.1, 0.15) is 6.10 Å². The van der Waals surface area contributed by atoms with E-state index in [1.165, 1.54) is 19.2 Å². The molecule has 0 amide bonds. The van der Waals surface area contributed by atoms with Crippen LogP contribution in [-0.4, -0.2) is 27.3 Å². The summed E-state index contributed by atoms with van der Waals surface area (Å²) in [6.07, 6.45) is -0.373. The van der Waals surface area contributed by atoms with Crippen molar-refractivity contribution in [3.8, 4) is 17.2 Å². The lowest BCUT2D eigenvalue weighted by atomic mass is 10.2. The number of benzene rings is 1. The molecule has 0 radical (unpaired) electrons. The third kappa shape index (κ3) is 2.59. The van der Waals surface area contributed by atoms with Crippen molar-refractivity contribution in [3.63, 3.8) is 0 Å². The Balaban J connectivity index is 2.40. The van der Waals surface area contributed by atoms with E-state index in [4.69, 9.17) is 9.26 Å². The molecule has 1 heterocycles. The van der Waals surface area contributed by atoms with Gasteiger partial charge in [0.2, 0.25) is 5.82 Å². The maximum Gasteiger partial charge on any atom is 0.311 e. The zero-order valence-electron chi connectivity index (χ0n) is 10.9. The van der Waals surface area contributed by atoms with Crippen LogP contribution in [0.3, 0.4) is 0 Å². The van der Waals surface area contributed by atoms with Gasteiger partial charge in [0.25, 0.3) is 5.89 Å². The molecule has 0 spiro atoms. The molecule has 8 heteroatoms. The summed E-state index contributed by atoms with van der Waals surface area (Å²) in [7, 11) is 1.35. The second kappa shape index (κ2) is 5.66. The first kappa shape index (κ1) is 13.9. The number of aliphatic hydroxyl groups excluding tert-OH is 1. The Kier molecular flexibility index (Phi) is 3.94. The fourth-order valence-electron chi connectivity index (χ4n) is 1.64. The highest BCUT2D eigenvalue weighted by molar-refractivity contribution is 5.62. The molecule has 0 aliphatic carbocycles. The van der Waals surface area contributed by atoms with Crippen molar-refractivity contribution >= 4 is 5.69 Å². The van der Waals surface area contributed by atoms with Gasteiger partial charge in [0.15, 0.2) is 5.75 Å². The van der Waals surface area contributed by atoms with E-state index in [0.717, 1.165) is 0 Å². The van der Waals surface area contributed by atoms with E-state index in [-0.39, 0.29) is 23.2 Å². The number of methoxy groups -OCH3 is 1. The number of nitro benzene ring substituents is 1. The molecule has 20 heavy (non-hydrogen) atoms. The zero-order chi connectivity index (χ0) is 14.7. The molecule has 1 unspecified atom stereocenters. The summed E-state index contributed by atoms with van der Waals surface area (Å²) in [5.74, 6) is 0.409. The quantitative estimate of drug-likeness (QED) is 0.658. The summed E-state index contributed by atoms with van der Waals surface area (Å²) in [6.45, 7) is 1.78. The van der Waals surface area contributed by atoms with E-state index in [2.05, 4.69) is 10.1 Å². The van der Waals surface area contributed by atoms with Crippen molar-refractivity contribution in [2.24, 2.45) is 0 Å². The molecule has 8 nitrogen and oxygen atoms in total. The SMILES string of the molecule is CCC(O)c1noc(-c2ccc(OC)c([N+](=O)[O-])c2)n1. The summed E-state index contributed by atoms with van der Waals surface area (Å²) >= 11 is 0. The molecule has 1 aromatic carbocycles. The van der Waals surface area contributed by atoms with Gasteiger partial charge in [0.05, 0.1) is 12.0 Å². The molecule has 0 saturated heterocycles. The van der Waals surface area contributed by atoms with Crippen LogP contribution in [0.1, 0.15) is 25.3 Å². The van der Waals surface area contributed by atoms with Crippen LogP contribution in [-0.2, 0) is 0 Å². The van der Waals surface area contributed by atoms with Gasteiger partial charge >= 0.3 is 5.69 Å². The van der Waals surface area contributed by atoms with E-state index in [1.54, 1.807) is 13.0 Å². The molecule has 0 aliphatic rings. The highest BCUT2D eigenvalue weighted by Gasteiger charge is 2.20. The van der Waals surface area contributed by atoms with Gasteiger partial charge in [-0.3, -0.25) is 10.1 Å². The number of ether oxygens (including phenoxy) is 1. The Morgan fingerprint density at radius 2 is 2.30 bits per heavy atom. The molecule has 1 aromatic heterocycles. The minimum Gasteiger partial charge on any atom is -0.490 e. The molecule has 0 aliphatic heterocycles. The van der Waals surface area contributed by atoms with Gasteiger partial charge in [0, 0.05) is 11.6 Å². The van der Waals surface area contributed by atoms with Crippen LogP contribution < -0.4 is 4.74 Å². The van der Waals surface area contributed by atoms with Crippen LogP contribution in [0.5, 0.6) is 5.75 Å². The largest absolute Gasteiger partial charge is 0.490 e. The van der Waals surface area contributed by atoms with Crippen LogP contribution in [0.25, 0.3) is 11.5 Å². The molecule has 0 bridgehead atoms. The summed E-state index contributed by atoms with van der Waals surface area (Å²) in [6, 6.07) is 4.31. The highest BCUT2D eigenvalue weighted by atomic mass is 16.6. The minimum atomic E-state index is -0.819. The third-order valence-electron chi connectivity index (χ3n) is 2.75. The summed E-state index contributed by atoms with van der Waals surface area (Å²) in [4.78, 5) is 14.4. The van der Waals surface area contributed by atoms with E-state index >= 15 is 0 Å². The van der Waals surface area contributed by atoms with Crippen molar-refractivity contribution < 1.29 is 19.3 Å². The normalized spacial score (nSPS) is 12.2. The fraction of sp³-hybridized carbons (Fsp3) is 0.333. The predicted octanol–water partition coefficient (Wildman–Crippen LogP) is 2.10. The van der Waals surface area contributed by atoms with Gasteiger partial charge in [-0.1, -0.05) is 12.1 Å². The van der Waals surface area contributed by atoms with Crippen LogP contribution in [0.15, 0.2) is 22.7 Å². The van der Waals surface area contributed by atoms with Crippen molar-refractivity contribution in [1.29, 1.82) is 0 Å². The number of aromatic nitrogens is 2. The first-order chi connectivity index (χ1) is 9.56. The standard InChI is InChI=1S/C12H13N3O5/c1-3-9(16)11-13-12(20-14-11)7-4-5-10(19-2)8(6-7)15(17)18/h4-6,9,16H,3H2,1-2H3. The van der Waals surface area contributed by atoms with E-state index < -0.39 is 11.0 Å². The molecule has 2 rings (SSSR count). The number of hydrogen-bond donors (Lipinski definition) is 1. The van der Waals surface area contributed by atoms with Gasteiger partial charge in [-0.05, 0) is 18.6 Å². The lowest BCUT2D eigenvalue weighted by molar-refractivity contribution is -0.385. The number of rotatable bonds is 5. The molecule has 2 aromatic rings. The van der Waals surface area contributed by atoms with Gasteiger partial charge in [-0.2, -0.15) is 4.98 Å². The Morgan fingerprint density at radius 3 is 2.90 bits per heavy atom. The second-order valence-electron chi connectivity index (χ2n) is 4.03. The molecular weight excluding hydrogens is 266 g/mol. The Labute approximate surface area is 114 Å². The topological polar surface area (TPSA) is 112 Å². The van der Waals surface area contributed by atoms with Gasteiger partial charge in [-0.15, -0.1) is 0 Å². The lowest BCUT2D eigenvalue weighted by Gasteiger charge is -2.02. The molecular formula is C12H13N3O5. The van der Waals surface area contributed by atoms with Crippen molar-refractivity contribution in [2.45, 2.75) is 19.4 Å². The first-order valence-corrected chi connectivity index (χ1v) is 5.91. The summed E-state index contributed by atoms with van der Waals surface area (Å²) < 4.78 is 9.91. The minimum absolute atomic E-state index is 0.109. The Bertz CT molecular complexity index is 625. The van der Waals surface area contributed by atoms with Crippen LogP contribution >= 0.6 is 0 Å². The van der Waals surface area contributed by atoms with Crippen molar-refractivity contribution in [3.05, 3.63) is 34.1 Å². The fourth-order valence-corrected chi connectivity index (χ4v) is 1.64. The predicted molar refractivity (Wildman–Crippen MR) is 68.2 cm³/mol. The maximum absolute atomic E-state index is 10.9. The molecule has 0 saturated carbocycles. The molecule has 0 fully saturated rings. The third-order valence-corrected chi connectivity index (χ3v) is 2.75. The monoisotopic (exact) mass is 279 g/mol. The lowest BCUT2D eigenvalue weighted by Crippen LogP contribution is -1.97. The smallest absolute Gasteiger partial charge is 0.311 e. The number of hydrogen-bond acceptors (Lipinski definition) is 7. The first-order valence-electron chi connectivity index (χ1n) is 5.91. The van der Waals surface area contributed by atoms with Crippen molar-refractivity contribution in [2.75, 3.05) is 7.11 Å². The second-order valence-corrected chi connectivity index (χ2v) is 4.03. The number of nitro groups is 1. The average molecular weight is 279 g/mol. The highest BCUT2D eigenvalue weighted by Crippen LogP contribution is 2.31. The number of nitrogens with zero attached hydrogens (tertiary/aromatic N) is 3. The van der Waals surface area contributed by atoms with E-state index in [1.807, 2.05) is 0 Å². The van der Waals surface area contributed by atoms with Gasteiger partial charge in [-0.25, -0.2) is 0 Å². The molecule has 1 N–H and O–H groups in total. The molecule has 1 atom stereocenters. The van der Waals surface area contributed by atoms with Crippen LogP contribution in [0.2, 0.25) is 0 Å². The summed E-state index contributed by atoms with van der Waals surface area (Å²) in [5, 5.41) is 24.2. The van der Waals surface area contributed by atoms with Crippen LogP contribution in [0.4, 0.5) is 5.69 Å². The maximum atomic E-state index is 10.9. The molecule has 106 valence electrons. The Morgan fingerprint density at radius 1 is 1.55 bits per heavy atom. The van der Waals surface area contributed by atoms with Crippen molar-refractivity contribution in [1.82, 2.24) is 10.1 Å². The summed E-state index contributed by atoms with van der Waals surface area (Å²) in [5.41, 5.74) is 0.195. The van der Waals surface area contributed by atoms with E-state index in [0.29, 0.717) is 12.0 Å². The zero-order valence-corrected chi connectivity index (χ0v) is 10.9. The van der Waals surface area contributed by atoms with Gasteiger partial charge < -0.3 is 14.4 Å². The average Bonchev–Trinajstić information content (AvgIpc) is 2.95. The van der Waals surface area contributed by atoms with E-state index in [9.17, 15) is 15.2 Å². The Hall–Kier alpha value is -2.48.